The molecule has 0 unspecified atom stereocenters. The van der Waals surface area contributed by atoms with Gasteiger partial charge in [-0.1, -0.05) is 11.6 Å². The van der Waals surface area contributed by atoms with Crippen LogP contribution in [0.1, 0.15) is 18.9 Å². The first-order valence-corrected chi connectivity index (χ1v) is 6.72. The molecule has 0 bridgehead atoms. The normalized spacial score (nSPS) is 14.6. The average molecular weight is 300 g/mol. The van der Waals surface area contributed by atoms with E-state index in [0.29, 0.717) is 15.2 Å². The van der Waals surface area contributed by atoms with Gasteiger partial charge in [0, 0.05) is 6.04 Å². The van der Waals surface area contributed by atoms with E-state index in [0.717, 1.165) is 12.8 Å². The molecule has 3 rings (SSSR count). The van der Waals surface area contributed by atoms with Crippen LogP contribution in [0.4, 0.5) is 5.95 Å². The number of anilines is 1. The summed E-state index contributed by atoms with van der Waals surface area (Å²) in [6, 6.07) is 0.224. The van der Waals surface area contributed by atoms with Crippen molar-refractivity contribution in [3.05, 3.63) is 21.7 Å². The maximum Gasteiger partial charge on any atom is 0.344 e. The van der Waals surface area contributed by atoms with Gasteiger partial charge in [0.25, 0.3) is 0 Å². The molecule has 2 aromatic heterocycles. The zero-order valence-electron chi connectivity index (χ0n) is 9.63. The molecule has 0 radical (unpaired) electrons. The van der Waals surface area contributed by atoms with Crippen molar-refractivity contribution >= 4 is 29.3 Å². The Morgan fingerprint density at radius 1 is 1.58 bits per heavy atom. The number of halogens is 1. The number of H-pyrrole nitrogens is 1. The monoisotopic (exact) mass is 299 g/mol. The minimum absolute atomic E-state index is 0.215. The van der Waals surface area contributed by atoms with E-state index in [4.69, 9.17) is 17.4 Å². The summed E-state index contributed by atoms with van der Waals surface area (Å²) in [5.74, 6) is 5.50. The van der Waals surface area contributed by atoms with Crippen molar-refractivity contribution in [1.82, 2.24) is 24.7 Å². The molecule has 0 aromatic carbocycles. The van der Waals surface area contributed by atoms with Crippen molar-refractivity contribution in [2.24, 2.45) is 5.84 Å². The number of nitrogens with zero attached hydrogens (tertiary/aromatic N) is 4. The van der Waals surface area contributed by atoms with Gasteiger partial charge in [-0.15, -0.1) is 5.10 Å². The molecule has 8 nitrogen and oxygen atoms in total. The molecule has 1 aliphatic carbocycles. The Hall–Kier alpha value is -1.58. The fourth-order valence-corrected chi connectivity index (χ4v) is 2.68. The van der Waals surface area contributed by atoms with E-state index >= 15 is 0 Å². The highest BCUT2D eigenvalue weighted by Gasteiger charge is 2.29. The van der Waals surface area contributed by atoms with Gasteiger partial charge in [0.15, 0.2) is 5.16 Å². The highest BCUT2D eigenvalue weighted by atomic mass is 35.5. The lowest BCUT2D eigenvalue weighted by molar-refractivity contribution is 0.642. The first-order chi connectivity index (χ1) is 9.19. The second-order valence-corrected chi connectivity index (χ2v) is 5.37. The van der Waals surface area contributed by atoms with Gasteiger partial charge in [-0.05, 0) is 24.6 Å². The predicted molar refractivity (Wildman–Crippen MR) is 70.1 cm³/mol. The van der Waals surface area contributed by atoms with Crippen LogP contribution in [-0.4, -0.2) is 24.7 Å². The molecule has 100 valence electrons. The molecule has 1 saturated carbocycles. The first-order valence-electron chi connectivity index (χ1n) is 5.53. The van der Waals surface area contributed by atoms with Gasteiger partial charge in [-0.25, -0.2) is 25.7 Å². The van der Waals surface area contributed by atoms with E-state index in [2.05, 4.69) is 25.6 Å². The molecule has 2 aromatic rings. The van der Waals surface area contributed by atoms with Crippen molar-refractivity contribution in [2.45, 2.75) is 29.1 Å². The lowest BCUT2D eigenvalue weighted by Crippen LogP contribution is -2.16. The number of hydrogen-bond acceptors (Lipinski definition) is 7. The Kier molecular flexibility index (Phi) is 3.17. The van der Waals surface area contributed by atoms with E-state index < -0.39 is 0 Å². The summed E-state index contributed by atoms with van der Waals surface area (Å²) in [6.45, 7) is 0. The van der Waals surface area contributed by atoms with Gasteiger partial charge in [0.2, 0.25) is 5.95 Å². The number of hydrazine groups is 1. The van der Waals surface area contributed by atoms with Crippen molar-refractivity contribution in [3.8, 4) is 0 Å². The lowest BCUT2D eigenvalue weighted by Gasteiger charge is -2.05. The summed E-state index contributed by atoms with van der Waals surface area (Å²) in [4.78, 5) is 19.7. The molecule has 4 N–H and O–H groups in total. The SMILES string of the molecule is NNc1ncc(Cl)c(Sc2n[nH]c(=O)n2C2CC2)n1. The van der Waals surface area contributed by atoms with Crippen LogP contribution in [0.3, 0.4) is 0 Å². The Morgan fingerprint density at radius 2 is 2.37 bits per heavy atom. The first kappa shape index (κ1) is 12.5. The second kappa shape index (κ2) is 4.83. The van der Waals surface area contributed by atoms with E-state index in [1.165, 1.54) is 18.0 Å². The van der Waals surface area contributed by atoms with Crippen LogP contribution in [0.25, 0.3) is 0 Å². The van der Waals surface area contributed by atoms with Crippen LogP contribution in [-0.2, 0) is 0 Å². The smallest absolute Gasteiger partial charge is 0.292 e. The molecular formula is C9H10ClN7OS. The fraction of sp³-hybridized carbons (Fsp3) is 0.333. The molecule has 0 aliphatic heterocycles. The molecule has 1 fully saturated rings. The third-order valence-electron chi connectivity index (χ3n) is 2.61. The number of aromatic nitrogens is 5. The Bertz CT molecular complexity index is 665. The average Bonchev–Trinajstić information content (AvgIpc) is 3.17. The lowest BCUT2D eigenvalue weighted by atomic mass is 10.7. The van der Waals surface area contributed by atoms with Crippen LogP contribution < -0.4 is 17.0 Å². The van der Waals surface area contributed by atoms with Gasteiger partial charge >= 0.3 is 5.69 Å². The highest BCUT2D eigenvalue weighted by Crippen LogP contribution is 2.38. The number of hydrogen-bond donors (Lipinski definition) is 3. The van der Waals surface area contributed by atoms with Gasteiger partial charge in [0.05, 0.1) is 11.2 Å². The molecule has 10 heteroatoms. The number of nitrogens with one attached hydrogen (secondary N) is 2. The minimum atomic E-state index is -0.215. The quantitative estimate of drug-likeness (QED) is 0.434. The summed E-state index contributed by atoms with van der Waals surface area (Å²) >= 11 is 7.22. The van der Waals surface area contributed by atoms with Crippen LogP contribution in [0, 0.1) is 0 Å². The summed E-state index contributed by atoms with van der Waals surface area (Å²) in [5, 5.41) is 7.83. The van der Waals surface area contributed by atoms with Gasteiger partial charge in [0.1, 0.15) is 5.03 Å². The van der Waals surface area contributed by atoms with E-state index in [9.17, 15) is 4.79 Å². The molecular weight excluding hydrogens is 290 g/mol. The maximum atomic E-state index is 11.7. The Morgan fingerprint density at radius 3 is 3.05 bits per heavy atom. The van der Waals surface area contributed by atoms with E-state index in [1.807, 2.05) is 0 Å². The molecule has 2 heterocycles. The predicted octanol–water partition coefficient (Wildman–Crippen LogP) is 0.786. The zero-order chi connectivity index (χ0) is 13.4. The van der Waals surface area contributed by atoms with Crippen LogP contribution in [0.5, 0.6) is 0 Å². The molecule has 0 spiro atoms. The standard InChI is InChI=1S/C9H10ClN7OS/c10-5-3-12-7(14-11)13-6(5)19-9-16-15-8(18)17(9)4-1-2-4/h3-4H,1-2,11H2,(H,15,18)(H,12,13,14). The summed E-state index contributed by atoms with van der Waals surface area (Å²) in [7, 11) is 0. The van der Waals surface area contributed by atoms with Gasteiger partial charge < -0.3 is 0 Å². The fourth-order valence-electron chi connectivity index (χ4n) is 1.60. The van der Waals surface area contributed by atoms with Gasteiger partial charge in [-0.3, -0.25) is 9.99 Å². The Labute approximate surface area is 116 Å². The van der Waals surface area contributed by atoms with Crippen molar-refractivity contribution < 1.29 is 0 Å². The molecule has 19 heavy (non-hydrogen) atoms. The largest absolute Gasteiger partial charge is 0.344 e. The summed E-state index contributed by atoms with van der Waals surface area (Å²) < 4.78 is 1.62. The van der Waals surface area contributed by atoms with Crippen LogP contribution >= 0.6 is 23.4 Å². The van der Waals surface area contributed by atoms with Crippen molar-refractivity contribution in [1.29, 1.82) is 0 Å². The van der Waals surface area contributed by atoms with Crippen LogP contribution in [0.2, 0.25) is 5.02 Å². The third kappa shape index (κ3) is 2.44. The summed E-state index contributed by atoms with van der Waals surface area (Å²) in [5.41, 5.74) is 2.13. The summed E-state index contributed by atoms with van der Waals surface area (Å²) in [6.07, 6.45) is 3.42. The molecule has 0 atom stereocenters. The minimum Gasteiger partial charge on any atom is -0.292 e. The Balaban J connectivity index is 1.95. The number of rotatable bonds is 4. The number of nitrogen functional groups attached to an aromatic ring is 1. The molecule has 0 saturated heterocycles. The van der Waals surface area contributed by atoms with Crippen LogP contribution in [0.15, 0.2) is 21.2 Å². The van der Waals surface area contributed by atoms with E-state index in [1.54, 1.807) is 4.57 Å². The topological polar surface area (TPSA) is 115 Å². The highest BCUT2D eigenvalue weighted by molar-refractivity contribution is 7.99. The van der Waals surface area contributed by atoms with Crippen molar-refractivity contribution in [2.75, 3.05) is 5.43 Å². The zero-order valence-corrected chi connectivity index (χ0v) is 11.2. The van der Waals surface area contributed by atoms with E-state index in [-0.39, 0.29) is 17.7 Å². The maximum absolute atomic E-state index is 11.7. The second-order valence-electron chi connectivity index (χ2n) is 4.01. The van der Waals surface area contributed by atoms with Gasteiger partial charge in [-0.2, -0.15) is 0 Å². The number of aromatic amines is 1. The molecule has 0 amide bonds. The number of nitrogens with two attached hydrogens (primary N) is 1. The van der Waals surface area contributed by atoms with Crippen molar-refractivity contribution in [3.63, 3.8) is 0 Å². The molecule has 1 aliphatic rings. The third-order valence-corrected chi connectivity index (χ3v) is 3.98.